The van der Waals surface area contributed by atoms with E-state index < -0.39 is 0 Å². The normalized spacial score (nSPS) is 19.8. The Kier molecular flexibility index (Phi) is 3.36. The number of aromatic nitrogens is 2. The Hall–Kier alpha value is -1.62. The van der Waals surface area contributed by atoms with E-state index in [-0.39, 0.29) is 6.10 Å². The van der Waals surface area contributed by atoms with E-state index in [9.17, 15) is 5.11 Å². The third-order valence-electron chi connectivity index (χ3n) is 2.57. The van der Waals surface area contributed by atoms with Gasteiger partial charge < -0.3 is 15.3 Å². The van der Waals surface area contributed by atoms with Crippen molar-refractivity contribution in [3.63, 3.8) is 0 Å². The lowest BCUT2D eigenvalue weighted by molar-refractivity contribution is 0.198. The smallest absolute Gasteiger partial charge is 0.134 e. The third kappa shape index (κ3) is 2.49. The molecule has 0 aromatic carbocycles. The lowest BCUT2D eigenvalue weighted by atomic mass is 10.3. The van der Waals surface area contributed by atoms with Gasteiger partial charge in [-0.3, -0.25) is 0 Å². The van der Waals surface area contributed by atoms with Gasteiger partial charge in [0.05, 0.1) is 6.10 Å². The van der Waals surface area contributed by atoms with Crippen LogP contribution < -0.4 is 10.2 Å². The Labute approximate surface area is 94.8 Å². The molecule has 16 heavy (non-hydrogen) atoms. The van der Waals surface area contributed by atoms with E-state index in [0.717, 1.165) is 24.6 Å². The number of rotatable bonds is 4. The van der Waals surface area contributed by atoms with Crippen LogP contribution in [0, 0.1) is 0 Å². The van der Waals surface area contributed by atoms with Crippen LogP contribution in [0.2, 0.25) is 0 Å². The largest absolute Gasteiger partial charge is 0.391 e. The summed E-state index contributed by atoms with van der Waals surface area (Å²) in [4.78, 5) is 10.4. The van der Waals surface area contributed by atoms with Crippen LogP contribution in [-0.4, -0.2) is 40.8 Å². The number of aliphatic hydroxyl groups is 1. The fourth-order valence-corrected chi connectivity index (χ4v) is 1.74. The van der Waals surface area contributed by atoms with Gasteiger partial charge in [-0.05, 0) is 6.42 Å². The Morgan fingerprint density at radius 1 is 1.62 bits per heavy atom. The molecule has 2 N–H and O–H groups in total. The molecule has 1 saturated heterocycles. The van der Waals surface area contributed by atoms with Gasteiger partial charge in [0.1, 0.15) is 18.0 Å². The van der Waals surface area contributed by atoms with Crippen LogP contribution in [0.5, 0.6) is 0 Å². The minimum atomic E-state index is -0.237. The molecule has 5 nitrogen and oxygen atoms in total. The zero-order valence-corrected chi connectivity index (χ0v) is 9.13. The molecular weight excluding hydrogens is 204 g/mol. The number of hydrogen-bond donors (Lipinski definition) is 2. The van der Waals surface area contributed by atoms with Gasteiger partial charge in [0, 0.05) is 25.7 Å². The van der Waals surface area contributed by atoms with E-state index in [1.54, 1.807) is 6.08 Å². The van der Waals surface area contributed by atoms with E-state index in [4.69, 9.17) is 0 Å². The quantitative estimate of drug-likeness (QED) is 0.729. The van der Waals surface area contributed by atoms with Crippen molar-refractivity contribution in [2.75, 3.05) is 29.9 Å². The third-order valence-corrected chi connectivity index (χ3v) is 2.57. The van der Waals surface area contributed by atoms with Gasteiger partial charge in [-0.25, -0.2) is 9.97 Å². The first-order valence-electron chi connectivity index (χ1n) is 5.39. The van der Waals surface area contributed by atoms with Gasteiger partial charge in [0.2, 0.25) is 0 Å². The van der Waals surface area contributed by atoms with Crippen molar-refractivity contribution in [3.05, 3.63) is 25.0 Å². The van der Waals surface area contributed by atoms with E-state index in [1.807, 2.05) is 6.07 Å². The molecule has 2 rings (SSSR count). The van der Waals surface area contributed by atoms with Crippen molar-refractivity contribution in [2.45, 2.75) is 12.5 Å². The van der Waals surface area contributed by atoms with Crippen molar-refractivity contribution in [3.8, 4) is 0 Å². The molecule has 1 aliphatic rings. The summed E-state index contributed by atoms with van der Waals surface area (Å²) in [6.07, 6.45) is 3.88. The molecule has 5 heteroatoms. The second kappa shape index (κ2) is 4.94. The Balaban J connectivity index is 2.06. The van der Waals surface area contributed by atoms with Gasteiger partial charge >= 0.3 is 0 Å². The van der Waals surface area contributed by atoms with E-state index in [2.05, 4.69) is 26.8 Å². The summed E-state index contributed by atoms with van der Waals surface area (Å²) >= 11 is 0. The number of nitrogens with zero attached hydrogens (tertiary/aromatic N) is 3. The molecular formula is C11H16N4O. The summed E-state index contributed by atoms with van der Waals surface area (Å²) < 4.78 is 0. The van der Waals surface area contributed by atoms with Gasteiger partial charge in [0.15, 0.2) is 0 Å². The molecule has 2 heterocycles. The minimum Gasteiger partial charge on any atom is -0.391 e. The highest BCUT2D eigenvalue weighted by atomic mass is 16.3. The van der Waals surface area contributed by atoms with Crippen LogP contribution in [-0.2, 0) is 0 Å². The summed E-state index contributed by atoms with van der Waals surface area (Å²) in [5, 5.41) is 12.6. The average Bonchev–Trinajstić information content (AvgIpc) is 2.74. The summed E-state index contributed by atoms with van der Waals surface area (Å²) in [5.41, 5.74) is 0. The van der Waals surface area contributed by atoms with E-state index in [1.165, 1.54) is 6.33 Å². The molecule has 0 saturated carbocycles. The highest BCUT2D eigenvalue weighted by Gasteiger charge is 2.21. The van der Waals surface area contributed by atoms with Gasteiger partial charge in [-0.2, -0.15) is 0 Å². The number of aliphatic hydroxyl groups excluding tert-OH is 1. The fraction of sp³-hybridized carbons (Fsp3) is 0.455. The highest BCUT2D eigenvalue weighted by Crippen LogP contribution is 2.19. The van der Waals surface area contributed by atoms with Crippen molar-refractivity contribution in [1.82, 2.24) is 9.97 Å². The average molecular weight is 220 g/mol. The zero-order chi connectivity index (χ0) is 11.4. The second-order valence-electron chi connectivity index (χ2n) is 3.82. The lowest BCUT2D eigenvalue weighted by Crippen LogP contribution is -2.22. The monoisotopic (exact) mass is 220 g/mol. The predicted octanol–water partition coefficient (Wildman–Crippen LogP) is 0.645. The topological polar surface area (TPSA) is 61.3 Å². The maximum absolute atomic E-state index is 9.46. The van der Waals surface area contributed by atoms with Crippen LogP contribution in [0.1, 0.15) is 6.42 Å². The number of hydrogen-bond acceptors (Lipinski definition) is 5. The summed E-state index contributed by atoms with van der Waals surface area (Å²) in [7, 11) is 0. The molecule has 1 fully saturated rings. The molecule has 1 aromatic heterocycles. The van der Waals surface area contributed by atoms with Crippen molar-refractivity contribution in [2.24, 2.45) is 0 Å². The number of β-amino-alcohol motifs (C(OH)–C–C–N with tert-alkyl or cyclic N) is 1. The Morgan fingerprint density at radius 3 is 3.19 bits per heavy atom. The maximum atomic E-state index is 9.46. The predicted molar refractivity (Wildman–Crippen MR) is 63.6 cm³/mol. The van der Waals surface area contributed by atoms with Crippen LogP contribution in [0.4, 0.5) is 11.6 Å². The van der Waals surface area contributed by atoms with E-state index >= 15 is 0 Å². The van der Waals surface area contributed by atoms with Crippen LogP contribution >= 0.6 is 0 Å². The van der Waals surface area contributed by atoms with Gasteiger partial charge in [-0.1, -0.05) is 6.08 Å². The number of anilines is 2. The Bertz CT molecular complexity index is 369. The summed E-state index contributed by atoms with van der Waals surface area (Å²) in [6.45, 7) is 5.81. The first-order valence-corrected chi connectivity index (χ1v) is 5.39. The van der Waals surface area contributed by atoms with Gasteiger partial charge in [-0.15, -0.1) is 6.58 Å². The molecule has 0 spiro atoms. The second-order valence-corrected chi connectivity index (χ2v) is 3.82. The first kappa shape index (κ1) is 10.9. The molecule has 0 radical (unpaired) electrons. The number of nitrogens with one attached hydrogen (secondary N) is 1. The van der Waals surface area contributed by atoms with Gasteiger partial charge in [0.25, 0.3) is 0 Å². The van der Waals surface area contributed by atoms with Crippen LogP contribution in [0.15, 0.2) is 25.0 Å². The van der Waals surface area contributed by atoms with Crippen LogP contribution in [0.25, 0.3) is 0 Å². The minimum absolute atomic E-state index is 0.237. The molecule has 0 amide bonds. The van der Waals surface area contributed by atoms with Crippen molar-refractivity contribution in [1.29, 1.82) is 0 Å². The molecule has 1 aliphatic heterocycles. The molecule has 0 aliphatic carbocycles. The zero-order valence-electron chi connectivity index (χ0n) is 9.13. The SMILES string of the molecule is C=CCNc1cc(N2CCC(O)C2)ncn1. The molecule has 1 atom stereocenters. The van der Waals surface area contributed by atoms with E-state index in [0.29, 0.717) is 13.1 Å². The molecule has 1 aromatic rings. The van der Waals surface area contributed by atoms with Crippen molar-refractivity contribution < 1.29 is 5.11 Å². The highest BCUT2D eigenvalue weighted by molar-refractivity contribution is 5.49. The summed E-state index contributed by atoms with van der Waals surface area (Å²) in [5.74, 6) is 1.64. The molecule has 0 bridgehead atoms. The fourth-order valence-electron chi connectivity index (χ4n) is 1.74. The standard InChI is InChI=1S/C11H16N4O/c1-2-4-12-10-6-11(14-8-13-10)15-5-3-9(16)7-15/h2,6,8-9,16H,1,3-5,7H2,(H,12,13,14). The maximum Gasteiger partial charge on any atom is 0.134 e. The lowest BCUT2D eigenvalue weighted by Gasteiger charge is -2.16. The molecule has 1 unspecified atom stereocenters. The first-order chi connectivity index (χ1) is 7.79. The Morgan fingerprint density at radius 2 is 2.50 bits per heavy atom. The van der Waals surface area contributed by atoms with Crippen molar-refractivity contribution >= 4 is 11.6 Å². The van der Waals surface area contributed by atoms with Crippen LogP contribution in [0.3, 0.4) is 0 Å². The molecule has 86 valence electrons. The summed E-state index contributed by atoms with van der Waals surface area (Å²) in [6, 6.07) is 1.89.